The predicted molar refractivity (Wildman–Crippen MR) is 61.6 cm³/mol. The monoisotopic (exact) mass is 294 g/mol. The van der Waals surface area contributed by atoms with Gasteiger partial charge in [-0.2, -0.15) is 0 Å². The number of nitrogens with two attached hydrogens (primary N) is 2. The third-order valence-corrected chi connectivity index (χ3v) is 2.85. The van der Waals surface area contributed by atoms with Crippen molar-refractivity contribution < 1.29 is 39.5 Å². The van der Waals surface area contributed by atoms with E-state index in [0.717, 1.165) is 0 Å². The minimum atomic E-state index is -1.69. The molecule has 3 unspecified atom stereocenters. The average molecular weight is 294 g/mol. The fourth-order valence-corrected chi connectivity index (χ4v) is 1.74. The Morgan fingerprint density at radius 2 is 1.75 bits per heavy atom. The number of hydrogen-bond acceptors (Lipinski definition) is 8. The highest BCUT2D eigenvalue weighted by atomic mass is 16.7. The number of rotatable bonds is 6. The molecule has 116 valence electrons. The molecule has 0 aliphatic carbocycles. The van der Waals surface area contributed by atoms with E-state index in [4.69, 9.17) is 26.0 Å². The van der Waals surface area contributed by atoms with Crippen molar-refractivity contribution in [1.29, 1.82) is 0 Å². The number of aliphatic hydroxyl groups excluding tert-OH is 4. The van der Waals surface area contributed by atoms with Gasteiger partial charge in [-0.05, 0) is 0 Å². The zero-order valence-corrected chi connectivity index (χ0v) is 10.5. The van der Waals surface area contributed by atoms with Crippen molar-refractivity contribution >= 4 is 11.8 Å². The van der Waals surface area contributed by atoms with Crippen LogP contribution in [0, 0.1) is 0 Å². The molecule has 6 atom stereocenters. The van der Waals surface area contributed by atoms with Gasteiger partial charge in [-0.3, -0.25) is 9.59 Å². The molecule has 1 saturated heterocycles. The third-order valence-electron chi connectivity index (χ3n) is 2.85. The van der Waals surface area contributed by atoms with Gasteiger partial charge in [-0.25, -0.2) is 0 Å². The first-order chi connectivity index (χ1) is 9.27. The Morgan fingerprint density at radius 3 is 2.20 bits per heavy atom. The summed E-state index contributed by atoms with van der Waals surface area (Å²) in [6, 6.07) is 0. The van der Waals surface area contributed by atoms with Gasteiger partial charge in [0.15, 0.2) is 6.29 Å². The highest BCUT2D eigenvalue weighted by molar-refractivity contribution is 5.85. The summed E-state index contributed by atoms with van der Waals surface area (Å²) in [5.41, 5.74) is 9.92. The maximum atomic E-state index is 11.1. The molecule has 0 saturated carbocycles. The van der Waals surface area contributed by atoms with Crippen LogP contribution >= 0.6 is 0 Å². The van der Waals surface area contributed by atoms with Crippen LogP contribution in [0.3, 0.4) is 0 Å². The lowest BCUT2D eigenvalue weighted by molar-refractivity contribution is -0.308. The highest BCUT2D eigenvalue weighted by Gasteiger charge is 2.45. The number of primary amides is 2. The summed E-state index contributed by atoms with van der Waals surface area (Å²) in [5.74, 6) is -1.88. The standard InChI is InChI=1S/C10H18N2O8/c11-5(14)1-3(9(12)18)19-10-8(17)7(16)6(15)4(2-13)20-10/h3-4,6-8,10,13,15-17H,1-2H2,(H2,11,14)(H2,12,18)/t3?,4?,6-,7-,8?,10+/m0/s1. The Morgan fingerprint density at radius 1 is 1.15 bits per heavy atom. The summed E-state index contributed by atoms with van der Waals surface area (Å²) in [5, 5.41) is 37.7. The second kappa shape index (κ2) is 6.92. The van der Waals surface area contributed by atoms with E-state index < -0.39 is 61.7 Å². The van der Waals surface area contributed by atoms with Crippen LogP contribution in [0.5, 0.6) is 0 Å². The quantitative estimate of drug-likeness (QED) is 0.283. The van der Waals surface area contributed by atoms with E-state index in [1.165, 1.54) is 0 Å². The van der Waals surface area contributed by atoms with Crippen LogP contribution in [0.25, 0.3) is 0 Å². The van der Waals surface area contributed by atoms with E-state index in [-0.39, 0.29) is 0 Å². The number of carbonyl (C=O) groups excluding carboxylic acids is 2. The SMILES string of the molecule is NC(=O)CC(O[C@@H]1OC(CO)[C@H](O)[C@H](O)C1O)C(N)=O. The van der Waals surface area contributed by atoms with Crippen molar-refractivity contribution in [2.24, 2.45) is 11.5 Å². The van der Waals surface area contributed by atoms with Crippen molar-refractivity contribution in [1.82, 2.24) is 0 Å². The summed E-state index contributed by atoms with van der Waals surface area (Å²) in [6.07, 6.45) is -9.66. The third kappa shape index (κ3) is 3.85. The van der Waals surface area contributed by atoms with Gasteiger partial charge in [0.25, 0.3) is 0 Å². The number of aliphatic hydroxyl groups is 4. The topological polar surface area (TPSA) is 186 Å². The van der Waals surface area contributed by atoms with E-state index in [0.29, 0.717) is 0 Å². The smallest absolute Gasteiger partial charge is 0.247 e. The molecule has 1 fully saturated rings. The van der Waals surface area contributed by atoms with Crippen molar-refractivity contribution in [2.75, 3.05) is 6.61 Å². The maximum absolute atomic E-state index is 11.1. The lowest BCUT2D eigenvalue weighted by atomic mass is 9.99. The van der Waals surface area contributed by atoms with Crippen LogP contribution in [-0.4, -0.2) is 75.7 Å². The van der Waals surface area contributed by atoms with E-state index in [9.17, 15) is 24.9 Å². The zero-order chi connectivity index (χ0) is 15.4. The summed E-state index contributed by atoms with van der Waals surface area (Å²) < 4.78 is 10.00. The molecule has 2 amide bonds. The van der Waals surface area contributed by atoms with Crippen LogP contribution in [0.15, 0.2) is 0 Å². The summed E-state index contributed by atoms with van der Waals surface area (Å²) >= 11 is 0. The number of amides is 2. The first-order valence-corrected chi connectivity index (χ1v) is 5.81. The first kappa shape index (κ1) is 16.8. The average Bonchev–Trinajstić information content (AvgIpc) is 2.37. The minimum Gasteiger partial charge on any atom is -0.394 e. The van der Waals surface area contributed by atoms with Crippen molar-refractivity contribution in [3.63, 3.8) is 0 Å². The highest BCUT2D eigenvalue weighted by Crippen LogP contribution is 2.23. The minimum absolute atomic E-state index is 0.537. The zero-order valence-electron chi connectivity index (χ0n) is 10.5. The van der Waals surface area contributed by atoms with Gasteiger partial charge in [0.05, 0.1) is 13.0 Å². The predicted octanol–water partition coefficient (Wildman–Crippen LogP) is -4.47. The number of carbonyl (C=O) groups is 2. The largest absolute Gasteiger partial charge is 0.394 e. The van der Waals surface area contributed by atoms with Gasteiger partial charge in [0.1, 0.15) is 30.5 Å². The Labute approximate surface area is 113 Å². The molecular formula is C10H18N2O8. The fraction of sp³-hybridized carbons (Fsp3) is 0.800. The van der Waals surface area contributed by atoms with Crippen molar-refractivity contribution in [3.8, 4) is 0 Å². The Bertz CT molecular complexity index is 363. The van der Waals surface area contributed by atoms with Gasteiger partial charge >= 0.3 is 0 Å². The number of ether oxygens (including phenoxy) is 2. The molecule has 0 bridgehead atoms. The summed E-state index contributed by atoms with van der Waals surface area (Å²) in [7, 11) is 0. The molecule has 0 aromatic carbocycles. The summed E-state index contributed by atoms with van der Waals surface area (Å²) in [4.78, 5) is 21.9. The molecule has 10 nitrogen and oxygen atoms in total. The van der Waals surface area contributed by atoms with Gasteiger partial charge in [0.2, 0.25) is 11.8 Å². The Balaban J connectivity index is 2.77. The second-order valence-electron chi connectivity index (χ2n) is 4.39. The van der Waals surface area contributed by atoms with E-state index in [2.05, 4.69) is 0 Å². The number of hydrogen-bond donors (Lipinski definition) is 6. The molecule has 20 heavy (non-hydrogen) atoms. The van der Waals surface area contributed by atoms with Crippen molar-refractivity contribution in [2.45, 2.75) is 43.2 Å². The van der Waals surface area contributed by atoms with E-state index in [1.54, 1.807) is 0 Å². The van der Waals surface area contributed by atoms with Crippen LogP contribution in [0.1, 0.15) is 6.42 Å². The molecule has 1 aliphatic rings. The van der Waals surface area contributed by atoms with Crippen LogP contribution in [0.4, 0.5) is 0 Å². The van der Waals surface area contributed by atoms with Gasteiger partial charge < -0.3 is 41.4 Å². The Kier molecular flexibility index (Phi) is 5.80. The van der Waals surface area contributed by atoms with Crippen LogP contribution < -0.4 is 11.5 Å². The van der Waals surface area contributed by atoms with Gasteiger partial charge in [-0.1, -0.05) is 0 Å². The van der Waals surface area contributed by atoms with Gasteiger partial charge in [-0.15, -0.1) is 0 Å². The molecule has 0 spiro atoms. The van der Waals surface area contributed by atoms with E-state index in [1.807, 2.05) is 0 Å². The first-order valence-electron chi connectivity index (χ1n) is 5.81. The van der Waals surface area contributed by atoms with E-state index >= 15 is 0 Å². The molecule has 0 aromatic heterocycles. The van der Waals surface area contributed by atoms with Crippen molar-refractivity contribution in [3.05, 3.63) is 0 Å². The normalized spacial score (nSPS) is 35.5. The van der Waals surface area contributed by atoms with Crippen LogP contribution in [0.2, 0.25) is 0 Å². The lowest BCUT2D eigenvalue weighted by Crippen LogP contribution is -2.60. The molecule has 0 aromatic rings. The molecule has 0 radical (unpaired) electrons. The molecule has 1 rings (SSSR count). The molecule has 1 aliphatic heterocycles. The Hall–Kier alpha value is -1.30. The van der Waals surface area contributed by atoms with Crippen LogP contribution in [-0.2, 0) is 19.1 Å². The lowest BCUT2D eigenvalue weighted by Gasteiger charge is -2.40. The second-order valence-corrected chi connectivity index (χ2v) is 4.39. The van der Waals surface area contributed by atoms with Gasteiger partial charge in [0, 0.05) is 0 Å². The molecular weight excluding hydrogens is 276 g/mol. The fourth-order valence-electron chi connectivity index (χ4n) is 1.74. The maximum Gasteiger partial charge on any atom is 0.247 e. The molecule has 10 heteroatoms. The molecule has 8 N–H and O–H groups in total. The summed E-state index contributed by atoms with van der Waals surface area (Å²) in [6.45, 7) is -0.651. The molecule has 1 heterocycles.